The van der Waals surface area contributed by atoms with E-state index >= 15 is 0 Å². The first-order valence-electron chi connectivity index (χ1n) is 8.75. The molecule has 0 aromatic carbocycles. The van der Waals surface area contributed by atoms with Crippen LogP contribution in [-0.2, 0) is 4.74 Å². The van der Waals surface area contributed by atoms with Crippen LogP contribution in [0.25, 0.3) is 11.1 Å². The van der Waals surface area contributed by atoms with E-state index in [1.807, 2.05) is 12.1 Å². The van der Waals surface area contributed by atoms with E-state index in [0.717, 1.165) is 0 Å². The number of hydrogen-bond acceptors (Lipinski definition) is 6. The van der Waals surface area contributed by atoms with Gasteiger partial charge in [-0.3, -0.25) is 4.98 Å². The number of nitrogens with zero attached hydrogens (tertiary/aromatic N) is 4. The maximum atomic E-state index is 13.8. The molecule has 0 aliphatic rings. The first-order valence-corrected chi connectivity index (χ1v) is 8.75. The van der Waals surface area contributed by atoms with Crippen LogP contribution in [0.5, 0.6) is 0 Å². The van der Waals surface area contributed by atoms with Gasteiger partial charge in [0.25, 0.3) is 0 Å². The van der Waals surface area contributed by atoms with E-state index in [2.05, 4.69) is 27.0 Å². The fourth-order valence-corrected chi connectivity index (χ4v) is 2.48. The lowest BCUT2D eigenvalue weighted by molar-refractivity contribution is 0.0601. The number of methoxy groups -OCH3 is 1. The van der Waals surface area contributed by atoms with Crippen molar-refractivity contribution < 1.29 is 13.9 Å². The summed E-state index contributed by atoms with van der Waals surface area (Å²) in [4.78, 5) is 20.5. The number of fused-ring (bicyclic) bond motifs is 1. The SMILES string of the molecule is C=C(/C=C\C(F)=C(C)C)c1nc(Nc2ccncc2C(=O)OC)c2cccn2n1. The minimum Gasteiger partial charge on any atom is -0.465 e. The Balaban J connectivity index is 2.02. The van der Waals surface area contributed by atoms with E-state index in [4.69, 9.17) is 4.74 Å². The summed E-state index contributed by atoms with van der Waals surface area (Å²) >= 11 is 0. The summed E-state index contributed by atoms with van der Waals surface area (Å²) in [6.45, 7) is 7.29. The minimum absolute atomic E-state index is 0.268. The van der Waals surface area contributed by atoms with Crippen molar-refractivity contribution in [3.8, 4) is 0 Å². The summed E-state index contributed by atoms with van der Waals surface area (Å²) < 4.78 is 20.2. The highest BCUT2D eigenvalue weighted by Crippen LogP contribution is 2.24. The van der Waals surface area contributed by atoms with Crippen molar-refractivity contribution in [2.75, 3.05) is 12.4 Å². The zero-order valence-corrected chi connectivity index (χ0v) is 16.3. The van der Waals surface area contributed by atoms with E-state index in [9.17, 15) is 9.18 Å². The largest absolute Gasteiger partial charge is 0.465 e. The number of anilines is 2. The van der Waals surface area contributed by atoms with Crippen molar-refractivity contribution in [1.29, 1.82) is 0 Å². The van der Waals surface area contributed by atoms with Crippen LogP contribution in [0.4, 0.5) is 15.9 Å². The van der Waals surface area contributed by atoms with Crippen molar-refractivity contribution >= 4 is 28.6 Å². The normalized spacial score (nSPS) is 10.9. The van der Waals surface area contributed by atoms with Crippen LogP contribution < -0.4 is 5.32 Å². The second-order valence-corrected chi connectivity index (χ2v) is 6.37. The quantitative estimate of drug-likeness (QED) is 0.491. The lowest BCUT2D eigenvalue weighted by Crippen LogP contribution is -2.09. The molecule has 3 heterocycles. The predicted octanol–water partition coefficient (Wildman–Crippen LogP) is 4.49. The first-order chi connectivity index (χ1) is 13.9. The Morgan fingerprint density at radius 3 is 2.83 bits per heavy atom. The van der Waals surface area contributed by atoms with Crippen LogP contribution in [-0.4, -0.2) is 32.7 Å². The number of esters is 1. The highest BCUT2D eigenvalue weighted by Gasteiger charge is 2.15. The smallest absolute Gasteiger partial charge is 0.341 e. The Morgan fingerprint density at radius 2 is 2.10 bits per heavy atom. The van der Waals surface area contributed by atoms with Gasteiger partial charge in [0.1, 0.15) is 16.9 Å². The number of nitrogens with one attached hydrogen (secondary N) is 1. The first kappa shape index (κ1) is 19.9. The van der Waals surface area contributed by atoms with E-state index < -0.39 is 5.97 Å². The third kappa shape index (κ3) is 4.37. The van der Waals surface area contributed by atoms with Gasteiger partial charge in [0.15, 0.2) is 11.6 Å². The highest BCUT2D eigenvalue weighted by molar-refractivity contribution is 5.96. The molecule has 0 amide bonds. The summed E-state index contributed by atoms with van der Waals surface area (Å²) in [7, 11) is 1.30. The summed E-state index contributed by atoms with van der Waals surface area (Å²) in [6, 6.07) is 5.28. The Kier molecular flexibility index (Phi) is 5.82. The molecular formula is C21H20FN5O2. The van der Waals surface area contributed by atoms with Gasteiger partial charge >= 0.3 is 5.97 Å². The molecule has 0 saturated carbocycles. The van der Waals surface area contributed by atoms with Gasteiger partial charge in [-0.25, -0.2) is 18.7 Å². The number of aromatic nitrogens is 4. The van der Waals surface area contributed by atoms with Crippen LogP contribution >= 0.6 is 0 Å². The average molecular weight is 393 g/mol. The lowest BCUT2D eigenvalue weighted by Gasteiger charge is -2.12. The number of halogens is 1. The fourth-order valence-electron chi connectivity index (χ4n) is 2.48. The highest BCUT2D eigenvalue weighted by atomic mass is 19.1. The number of rotatable bonds is 6. The van der Waals surface area contributed by atoms with Crippen LogP contribution in [0.1, 0.15) is 30.0 Å². The molecule has 0 spiro atoms. The zero-order valence-electron chi connectivity index (χ0n) is 16.3. The van der Waals surface area contributed by atoms with Crippen molar-refractivity contribution in [3.05, 3.63) is 78.3 Å². The molecule has 0 saturated heterocycles. The molecule has 0 fully saturated rings. The molecule has 7 nitrogen and oxygen atoms in total. The number of allylic oxidation sites excluding steroid dienone is 5. The predicted molar refractivity (Wildman–Crippen MR) is 110 cm³/mol. The van der Waals surface area contributed by atoms with Gasteiger partial charge in [-0.15, -0.1) is 5.10 Å². The maximum absolute atomic E-state index is 13.8. The number of carbonyl (C=O) groups is 1. The van der Waals surface area contributed by atoms with Crippen molar-refractivity contribution in [2.45, 2.75) is 13.8 Å². The molecule has 8 heteroatoms. The zero-order chi connectivity index (χ0) is 21.0. The van der Waals surface area contributed by atoms with Gasteiger partial charge in [-0.2, -0.15) is 0 Å². The molecule has 148 valence electrons. The van der Waals surface area contributed by atoms with Crippen LogP contribution in [0.3, 0.4) is 0 Å². The Hall–Kier alpha value is -3.81. The number of ether oxygens (including phenoxy) is 1. The van der Waals surface area contributed by atoms with Crippen LogP contribution in [0.2, 0.25) is 0 Å². The van der Waals surface area contributed by atoms with E-state index in [0.29, 0.717) is 34.0 Å². The second-order valence-electron chi connectivity index (χ2n) is 6.37. The van der Waals surface area contributed by atoms with Crippen molar-refractivity contribution in [3.63, 3.8) is 0 Å². The van der Waals surface area contributed by atoms with Gasteiger partial charge in [-0.1, -0.05) is 6.58 Å². The summed E-state index contributed by atoms with van der Waals surface area (Å²) in [5.74, 6) is -0.104. The molecule has 3 aromatic rings. The summed E-state index contributed by atoms with van der Waals surface area (Å²) in [5, 5.41) is 7.54. The van der Waals surface area contributed by atoms with Crippen LogP contribution in [0.15, 0.2) is 66.9 Å². The molecule has 0 atom stereocenters. The molecule has 0 radical (unpaired) electrons. The molecule has 3 aromatic heterocycles. The molecule has 0 aliphatic carbocycles. The van der Waals surface area contributed by atoms with Gasteiger partial charge < -0.3 is 10.1 Å². The van der Waals surface area contributed by atoms with Crippen molar-refractivity contribution in [2.24, 2.45) is 0 Å². The molecule has 3 rings (SSSR count). The molecule has 0 unspecified atom stereocenters. The second kappa shape index (κ2) is 8.47. The van der Waals surface area contributed by atoms with Gasteiger partial charge in [0, 0.05) is 24.2 Å². The van der Waals surface area contributed by atoms with Crippen LogP contribution in [0, 0.1) is 0 Å². The molecule has 1 N–H and O–H groups in total. The number of carbonyl (C=O) groups excluding carboxylic acids is 1. The topological polar surface area (TPSA) is 81.4 Å². The number of pyridine rings is 1. The molecule has 0 bridgehead atoms. The lowest BCUT2D eigenvalue weighted by atomic mass is 10.2. The van der Waals surface area contributed by atoms with Crippen molar-refractivity contribution in [1.82, 2.24) is 19.6 Å². The third-order valence-corrected chi connectivity index (χ3v) is 4.07. The van der Waals surface area contributed by atoms with E-state index in [1.165, 1.54) is 25.5 Å². The fraction of sp³-hybridized carbons (Fsp3) is 0.143. The third-order valence-electron chi connectivity index (χ3n) is 4.07. The average Bonchev–Trinajstić information content (AvgIpc) is 3.20. The minimum atomic E-state index is -0.522. The van der Waals surface area contributed by atoms with Gasteiger partial charge in [0.05, 0.1) is 12.8 Å². The molecule has 0 aliphatic heterocycles. The monoisotopic (exact) mass is 393 g/mol. The Labute approximate surface area is 167 Å². The Bertz CT molecular complexity index is 1140. The Morgan fingerprint density at radius 1 is 1.31 bits per heavy atom. The molecular weight excluding hydrogens is 373 g/mol. The van der Waals surface area contributed by atoms with E-state index in [-0.39, 0.29) is 11.4 Å². The van der Waals surface area contributed by atoms with Gasteiger partial charge in [-0.05, 0) is 49.8 Å². The van der Waals surface area contributed by atoms with E-state index in [1.54, 1.807) is 36.8 Å². The summed E-state index contributed by atoms with van der Waals surface area (Å²) in [5.41, 5.74) is 2.43. The standard InChI is InChI=1S/C21H20FN5O2/c1-13(2)16(22)8-7-14(3)19-25-20(18-6-5-11-27(18)26-19)24-17-9-10-23-12-15(17)21(28)29-4/h5-12H,3H2,1-2,4H3,(H,23,24,25,26)/b8-7-. The molecule has 29 heavy (non-hydrogen) atoms. The maximum Gasteiger partial charge on any atom is 0.341 e. The summed E-state index contributed by atoms with van der Waals surface area (Å²) in [6.07, 6.45) is 7.56. The van der Waals surface area contributed by atoms with Gasteiger partial charge in [0.2, 0.25) is 0 Å². The number of hydrogen-bond donors (Lipinski definition) is 1.